The van der Waals surface area contributed by atoms with Gasteiger partial charge in [0.05, 0.1) is 11.4 Å². The summed E-state index contributed by atoms with van der Waals surface area (Å²) in [6.45, 7) is 0. The fraction of sp³-hybridized carbons (Fsp3) is 0.222. The van der Waals surface area contributed by atoms with Crippen molar-refractivity contribution in [2.24, 2.45) is 11.5 Å². The van der Waals surface area contributed by atoms with Gasteiger partial charge in [-0.25, -0.2) is 0 Å². The van der Waals surface area contributed by atoms with Gasteiger partial charge in [0.2, 0.25) is 0 Å². The van der Waals surface area contributed by atoms with Crippen molar-refractivity contribution in [1.82, 2.24) is 9.78 Å². The molecule has 1 aliphatic carbocycles. The van der Waals surface area contributed by atoms with Gasteiger partial charge in [-0.15, -0.1) is 0 Å². The minimum atomic E-state index is -0.372. The second-order valence-corrected chi connectivity index (χ2v) is 4.61. The molecule has 1 aromatic rings. The van der Waals surface area contributed by atoms with Crippen molar-refractivity contribution < 1.29 is 0 Å². The van der Waals surface area contributed by atoms with Crippen molar-refractivity contribution in [3.05, 3.63) is 42.0 Å². The van der Waals surface area contributed by atoms with Gasteiger partial charge in [-0.3, -0.25) is 4.68 Å². The number of aromatic nitrogens is 2. The molecule has 1 aliphatic rings. The van der Waals surface area contributed by atoms with E-state index in [1.54, 1.807) is 6.20 Å². The lowest BCUT2D eigenvalue weighted by Crippen LogP contribution is -2.30. The van der Waals surface area contributed by atoms with Gasteiger partial charge in [0, 0.05) is 18.8 Å². The standard InChI is InChI=1S/C9H11BrN4/c10-9(14-5-1-4-13-14)3-2-7(11)8(12)6-9/h1-2,4-6H,3,11-12H2. The first-order valence-electron chi connectivity index (χ1n) is 4.25. The third-order valence-electron chi connectivity index (χ3n) is 2.20. The molecule has 1 aromatic heterocycles. The first kappa shape index (κ1) is 9.33. The Kier molecular flexibility index (Phi) is 2.11. The van der Waals surface area contributed by atoms with Gasteiger partial charge in [0.15, 0.2) is 0 Å². The molecular weight excluding hydrogens is 244 g/mol. The Hall–Kier alpha value is -1.23. The van der Waals surface area contributed by atoms with Crippen LogP contribution in [0.2, 0.25) is 0 Å². The van der Waals surface area contributed by atoms with Crippen LogP contribution in [0.15, 0.2) is 42.0 Å². The van der Waals surface area contributed by atoms with Crippen LogP contribution in [-0.2, 0) is 4.45 Å². The van der Waals surface area contributed by atoms with Gasteiger partial charge in [0.25, 0.3) is 0 Å². The van der Waals surface area contributed by atoms with E-state index in [4.69, 9.17) is 11.5 Å². The second-order valence-electron chi connectivity index (χ2n) is 3.23. The highest BCUT2D eigenvalue weighted by atomic mass is 79.9. The Morgan fingerprint density at radius 3 is 2.79 bits per heavy atom. The van der Waals surface area contributed by atoms with E-state index in [0.29, 0.717) is 11.4 Å². The third kappa shape index (κ3) is 1.43. The summed E-state index contributed by atoms with van der Waals surface area (Å²) in [5.41, 5.74) is 12.6. The van der Waals surface area contributed by atoms with E-state index in [1.165, 1.54) is 0 Å². The van der Waals surface area contributed by atoms with Crippen LogP contribution in [0.4, 0.5) is 0 Å². The first-order valence-corrected chi connectivity index (χ1v) is 5.04. The summed E-state index contributed by atoms with van der Waals surface area (Å²) in [6, 6.07) is 1.87. The summed E-state index contributed by atoms with van der Waals surface area (Å²) in [5.74, 6) is 0. The van der Waals surface area contributed by atoms with Crippen LogP contribution >= 0.6 is 15.9 Å². The van der Waals surface area contributed by atoms with E-state index in [0.717, 1.165) is 6.42 Å². The molecular formula is C9H11BrN4. The zero-order valence-corrected chi connectivity index (χ0v) is 9.11. The van der Waals surface area contributed by atoms with Crippen molar-refractivity contribution >= 4 is 15.9 Å². The van der Waals surface area contributed by atoms with Crippen molar-refractivity contribution in [2.75, 3.05) is 0 Å². The Morgan fingerprint density at radius 1 is 1.43 bits per heavy atom. The number of halogens is 1. The Balaban J connectivity index is 2.38. The molecule has 0 aromatic carbocycles. The van der Waals surface area contributed by atoms with Crippen molar-refractivity contribution in [3.8, 4) is 0 Å². The van der Waals surface area contributed by atoms with Gasteiger partial charge in [-0.05, 0) is 12.1 Å². The zero-order valence-electron chi connectivity index (χ0n) is 7.52. The predicted molar refractivity (Wildman–Crippen MR) is 58.3 cm³/mol. The highest BCUT2D eigenvalue weighted by Gasteiger charge is 2.29. The normalized spacial score (nSPS) is 26.9. The summed E-state index contributed by atoms with van der Waals surface area (Å²) >= 11 is 3.60. The number of hydrogen-bond acceptors (Lipinski definition) is 3. The van der Waals surface area contributed by atoms with E-state index >= 15 is 0 Å². The maximum absolute atomic E-state index is 5.76. The first-order chi connectivity index (χ1) is 6.62. The van der Waals surface area contributed by atoms with Crippen LogP contribution in [0.25, 0.3) is 0 Å². The molecule has 0 radical (unpaired) electrons. The number of nitrogens with zero attached hydrogens (tertiary/aromatic N) is 2. The molecule has 0 amide bonds. The van der Waals surface area contributed by atoms with Crippen LogP contribution in [0, 0.1) is 0 Å². The van der Waals surface area contributed by atoms with Gasteiger partial charge >= 0.3 is 0 Å². The fourth-order valence-electron chi connectivity index (χ4n) is 1.40. The number of rotatable bonds is 1. The number of alkyl halides is 1. The lowest BCUT2D eigenvalue weighted by molar-refractivity contribution is 0.494. The molecule has 2 rings (SSSR count). The van der Waals surface area contributed by atoms with Crippen LogP contribution < -0.4 is 11.5 Å². The lowest BCUT2D eigenvalue weighted by Gasteiger charge is -2.27. The maximum Gasteiger partial charge on any atom is 0.141 e. The average Bonchev–Trinajstić information content (AvgIpc) is 2.65. The monoisotopic (exact) mass is 254 g/mol. The average molecular weight is 255 g/mol. The van der Waals surface area contributed by atoms with E-state index in [9.17, 15) is 0 Å². The summed E-state index contributed by atoms with van der Waals surface area (Å²) in [5, 5.41) is 4.17. The molecule has 1 heterocycles. The van der Waals surface area contributed by atoms with Crippen molar-refractivity contribution in [2.45, 2.75) is 10.9 Å². The number of hydrogen-bond donors (Lipinski definition) is 2. The van der Waals surface area contributed by atoms with Crippen LogP contribution in [0.5, 0.6) is 0 Å². The SMILES string of the molecule is NC1=CCC(Br)(n2cccn2)C=C1N. The molecule has 0 aliphatic heterocycles. The van der Waals surface area contributed by atoms with Crippen LogP contribution in [0.3, 0.4) is 0 Å². The lowest BCUT2D eigenvalue weighted by atomic mass is 10.1. The van der Waals surface area contributed by atoms with Crippen molar-refractivity contribution in [3.63, 3.8) is 0 Å². The smallest absolute Gasteiger partial charge is 0.141 e. The van der Waals surface area contributed by atoms with Crippen LogP contribution in [-0.4, -0.2) is 9.78 Å². The highest BCUT2D eigenvalue weighted by Crippen LogP contribution is 2.34. The van der Waals surface area contributed by atoms with Crippen molar-refractivity contribution in [1.29, 1.82) is 0 Å². The minimum absolute atomic E-state index is 0.372. The molecule has 0 bridgehead atoms. The maximum atomic E-state index is 5.76. The van der Waals surface area contributed by atoms with Gasteiger partial charge in [-0.2, -0.15) is 5.10 Å². The van der Waals surface area contributed by atoms with E-state index in [-0.39, 0.29) is 4.45 Å². The van der Waals surface area contributed by atoms with Crippen LogP contribution in [0.1, 0.15) is 6.42 Å². The summed E-state index contributed by atoms with van der Waals surface area (Å²) < 4.78 is 1.44. The van der Waals surface area contributed by atoms with E-state index in [2.05, 4.69) is 21.0 Å². The summed E-state index contributed by atoms with van der Waals surface area (Å²) in [4.78, 5) is 0. The molecule has 5 heteroatoms. The Morgan fingerprint density at radius 2 is 2.21 bits per heavy atom. The highest BCUT2D eigenvalue weighted by molar-refractivity contribution is 9.09. The van der Waals surface area contributed by atoms with Gasteiger partial charge in [0.1, 0.15) is 4.45 Å². The second kappa shape index (κ2) is 3.16. The van der Waals surface area contributed by atoms with E-state index in [1.807, 2.05) is 29.1 Å². The quantitative estimate of drug-likeness (QED) is 0.736. The molecule has 74 valence electrons. The van der Waals surface area contributed by atoms with Gasteiger partial charge < -0.3 is 11.5 Å². The molecule has 0 spiro atoms. The number of allylic oxidation sites excluding steroid dienone is 2. The summed E-state index contributed by atoms with van der Waals surface area (Å²) in [6.07, 6.45) is 8.12. The number of nitrogens with two attached hydrogens (primary N) is 2. The summed E-state index contributed by atoms with van der Waals surface area (Å²) in [7, 11) is 0. The largest absolute Gasteiger partial charge is 0.397 e. The predicted octanol–water partition coefficient (Wildman–Crippen LogP) is 1.02. The molecule has 0 fully saturated rings. The molecule has 1 atom stereocenters. The van der Waals surface area contributed by atoms with Gasteiger partial charge in [-0.1, -0.05) is 22.0 Å². The third-order valence-corrected chi connectivity index (χ3v) is 3.12. The molecule has 0 saturated heterocycles. The van der Waals surface area contributed by atoms with E-state index < -0.39 is 0 Å². The minimum Gasteiger partial charge on any atom is -0.397 e. The molecule has 14 heavy (non-hydrogen) atoms. The molecule has 0 saturated carbocycles. The zero-order chi connectivity index (χ0) is 10.2. The molecule has 4 nitrogen and oxygen atoms in total. The molecule has 4 N–H and O–H groups in total. The molecule has 1 unspecified atom stereocenters. The Labute approximate surface area is 90.4 Å². The Bertz CT molecular complexity index is 393. The topological polar surface area (TPSA) is 69.9 Å². The fourth-order valence-corrected chi connectivity index (χ4v) is 2.02.